The Morgan fingerprint density at radius 2 is 1.79 bits per heavy atom. The lowest BCUT2D eigenvalue weighted by Crippen LogP contribution is -2.55. The quantitative estimate of drug-likeness (QED) is 0.323. The number of aryl methyl sites for hydroxylation is 1. The second-order valence-electron chi connectivity index (χ2n) is 8.32. The van der Waals surface area contributed by atoms with Gasteiger partial charge in [0.1, 0.15) is 5.82 Å². The standard InChI is InChI=1S/C25H28BrN5O2S/c1-18-17-29(14-15-30(18)24(33)21-11-6-7-12-22(21)26)23(32)13-8-16-34-25-28-27-19(2)31(25)20-9-4-3-5-10-20/h3-7,9-12,18H,8,13-17H2,1-2H3. The van der Waals surface area contributed by atoms with E-state index in [4.69, 9.17) is 0 Å². The molecule has 0 N–H and O–H groups in total. The molecule has 34 heavy (non-hydrogen) atoms. The summed E-state index contributed by atoms with van der Waals surface area (Å²) in [6, 6.07) is 17.5. The smallest absolute Gasteiger partial charge is 0.255 e. The molecule has 1 aliphatic rings. The van der Waals surface area contributed by atoms with E-state index in [0.717, 1.165) is 33.3 Å². The van der Waals surface area contributed by atoms with Crippen molar-refractivity contribution in [1.82, 2.24) is 24.6 Å². The summed E-state index contributed by atoms with van der Waals surface area (Å²) in [6.07, 6.45) is 1.24. The van der Waals surface area contributed by atoms with Crippen LogP contribution in [0.5, 0.6) is 0 Å². The average molecular weight is 543 g/mol. The number of piperazine rings is 1. The Kier molecular flexibility index (Phi) is 8.05. The number of hydrogen-bond acceptors (Lipinski definition) is 5. The van der Waals surface area contributed by atoms with Gasteiger partial charge in [0.05, 0.1) is 5.56 Å². The van der Waals surface area contributed by atoms with Crippen LogP contribution >= 0.6 is 27.7 Å². The van der Waals surface area contributed by atoms with Gasteiger partial charge in [-0.05, 0) is 60.5 Å². The third kappa shape index (κ3) is 5.52. The highest BCUT2D eigenvalue weighted by Crippen LogP contribution is 2.24. The van der Waals surface area contributed by atoms with E-state index < -0.39 is 0 Å². The van der Waals surface area contributed by atoms with Crippen LogP contribution in [-0.4, -0.2) is 67.8 Å². The summed E-state index contributed by atoms with van der Waals surface area (Å²) in [4.78, 5) is 29.5. The number of amides is 2. The number of benzene rings is 2. The van der Waals surface area contributed by atoms with Gasteiger partial charge in [-0.15, -0.1) is 10.2 Å². The van der Waals surface area contributed by atoms with Crippen molar-refractivity contribution in [2.45, 2.75) is 37.9 Å². The molecule has 1 aliphatic heterocycles. The maximum atomic E-state index is 13.0. The Morgan fingerprint density at radius 1 is 1.06 bits per heavy atom. The zero-order valence-electron chi connectivity index (χ0n) is 19.4. The number of hydrogen-bond donors (Lipinski definition) is 0. The summed E-state index contributed by atoms with van der Waals surface area (Å²) in [6.45, 7) is 5.61. The molecule has 1 unspecified atom stereocenters. The molecule has 178 valence electrons. The fraction of sp³-hybridized carbons (Fsp3) is 0.360. The lowest BCUT2D eigenvalue weighted by molar-refractivity contribution is -0.133. The van der Waals surface area contributed by atoms with Crippen molar-refractivity contribution in [1.29, 1.82) is 0 Å². The van der Waals surface area contributed by atoms with Gasteiger partial charge in [0.25, 0.3) is 5.91 Å². The SMILES string of the molecule is Cc1nnc(SCCCC(=O)N2CCN(C(=O)c3ccccc3Br)C(C)C2)n1-c1ccccc1. The zero-order valence-corrected chi connectivity index (χ0v) is 21.8. The van der Waals surface area contributed by atoms with Crippen molar-refractivity contribution < 1.29 is 9.59 Å². The van der Waals surface area contributed by atoms with Gasteiger partial charge in [-0.2, -0.15) is 0 Å². The molecular formula is C25H28BrN5O2S. The van der Waals surface area contributed by atoms with E-state index in [1.165, 1.54) is 0 Å². The molecule has 7 nitrogen and oxygen atoms in total. The van der Waals surface area contributed by atoms with E-state index in [1.807, 2.05) is 82.8 Å². The fourth-order valence-corrected chi connectivity index (χ4v) is 5.52. The summed E-state index contributed by atoms with van der Waals surface area (Å²) < 4.78 is 2.83. The Labute approximate surface area is 212 Å². The number of rotatable bonds is 7. The van der Waals surface area contributed by atoms with Crippen molar-refractivity contribution in [2.24, 2.45) is 0 Å². The van der Waals surface area contributed by atoms with Gasteiger partial charge >= 0.3 is 0 Å². The first kappa shape index (κ1) is 24.5. The summed E-state index contributed by atoms with van der Waals surface area (Å²) in [5.74, 6) is 1.77. The molecule has 9 heteroatoms. The third-order valence-corrected chi connectivity index (χ3v) is 7.63. The summed E-state index contributed by atoms with van der Waals surface area (Å²) in [5.41, 5.74) is 1.69. The second-order valence-corrected chi connectivity index (χ2v) is 10.2. The maximum Gasteiger partial charge on any atom is 0.255 e. The molecule has 1 saturated heterocycles. The monoisotopic (exact) mass is 541 g/mol. The highest BCUT2D eigenvalue weighted by atomic mass is 79.9. The molecule has 3 aromatic rings. The normalized spacial score (nSPS) is 16.0. The van der Waals surface area contributed by atoms with E-state index in [2.05, 4.69) is 26.1 Å². The predicted octanol–water partition coefficient (Wildman–Crippen LogP) is 4.58. The molecule has 0 spiro atoms. The first-order chi connectivity index (χ1) is 16.5. The first-order valence-electron chi connectivity index (χ1n) is 11.4. The minimum atomic E-state index is -0.0286. The van der Waals surface area contributed by atoms with Crippen LogP contribution in [0.15, 0.2) is 64.2 Å². The Hall–Kier alpha value is -2.65. The van der Waals surface area contributed by atoms with Crippen molar-refractivity contribution in [3.8, 4) is 5.69 Å². The van der Waals surface area contributed by atoms with Crippen molar-refractivity contribution in [3.63, 3.8) is 0 Å². The molecular weight excluding hydrogens is 514 g/mol. The van der Waals surface area contributed by atoms with Crippen LogP contribution in [0.1, 0.15) is 35.9 Å². The number of halogens is 1. The van der Waals surface area contributed by atoms with Crippen LogP contribution < -0.4 is 0 Å². The molecule has 1 atom stereocenters. The van der Waals surface area contributed by atoms with Gasteiger partial charge in [-0.25, -0.2) is 0 Å². The third-order valence-electron chi connectivity index (χ3n) is 5.92. The number of carbonyl (C=O) groups is 2. The maximum absolute atomic E-state index is 13.0. The number of thioether (sulfide) groups is 1. The van der Waals surface area contributed by atoms with Crippen LogP contribution in [0.4, 0.5) is 0 Å². The van der Waals surface area contributed by atoms with Crippen molar-refractivity contribution >= 4 is 39.5 Å². The van der Waals surface area contributed by atoms with E-state index in [9.17, 15) is 9.59 Å². The van der Waals surface area contributed by atoms with Crippen LogP contribution in [0, 0.1) is 6.92 Å². The Morgan fingerprint density at radius 3 is 2.53 bits per heavy atom. The van der Waals surface area contributed by atoms with Gasteiger partial charge in [0.2, 0.25) is 5.91 Å². The second kappa shape index (κ2) is 11.2. The summed E-state index contributed by atoms with van der Waals surface area (Å²) >= 11 is 5.08. The minimum absolute atomic E-state index is 0.00120. The van der Waals surface area contributed by atoms with Crippen molar-refractivity contribution in [2.75, 3.05) is 25.4 Å². The summed E-state index contributed by atoms with van der Waals surface area (Å²) in [5, 5.41) is 9.36. The molecule has 2 heterocycles. The fourth-order valence-electron chi connectivity index (χ4n) is 4.13. The van der Waals surface area contributed by atoms with Crippen LogP contribution in [0.3, 0.4) is 0 Å². The minimum Gasteiger partial charge on any atom is -0.339 e. The molecule has 0 bridgehead atoms. The van der Waals surface area contributed by atoms with Gasteiger partial charge in [-0.3, -0.25) is 14.2 Å². The molecule has 0 radical (unpaired) electrons. The molecule has 0 aliphatic carbocycles. The van der Waals surface area contributed by atoms with Gasteiger partial charge in [0, 0.05) is 48.0 Å². The molecule has 2 amide bonds. The highest BCUT2D eigenvalue weighted by molar-refractivity contribution is 9.10. The number of carbonyl (C=O) groups excluding carboxylic acids is 2. The number of aromatic nitrogens is 3. The lowest BCUT2D eigenvalue weighted by Gasteiger charge is -2.40. The van der Waals surface area contributed by atoms with Gasteiger partial charge < -0.3 is 9.80 Å². The van der Waals surface area contributed by atoms with Crippen LogP contribution in [0.2, 0.25) is 0 Å². The first-order valence-corrected chi connectivity index (χ1v) is 13.2. The lowest BCUT2D eigenvalue weighted by atomic mass is 10.1. The number of para-hydroxylation sites is 1. The van der Waals surface area contributed by atoms with Gasteiger partial charge in [-0.1, -0.05) is 42.1 Å². The molecule has 1 aromatic heterocycles. The highest BCUT2D eigenvalue weighted by Gasteiger charge is 2.30. The Bertz CT molecular complexity index is 1150. The van der Waals surface area contributed by atoms with Crippen LogP contribution in [0.25, 0.3) is 5.69 Å². The van der Waals surface area contributed by atoms with E-state index in [1.54, 1.807) is 11.8 Å². The molecule has 0 saturated carbocycles. The Balaban J connectivity index is 1.26. The van der Waals surface area contributed by atoms with Crippen LogP contribution in [-0.2, 0) is 4.79 Å². The van der Waals surface area contributed by atoms with E-state index >= 15 is 0 Å². The summed E-state index contributed by atoms with van der Waals surface area (Å²) in [7, 11) is 0. The topological polar surface area (TPSA) is 71.3 Å². The average Bonchev–Trinajstić information content (AvgIpc) is 3.22. The zero-order chi connectivity index (χ0) is 24.1. The largest absolute Gasteiger partial charge is 0.339 e. The predicted molar refractivity (Wildman–Crippen MR) is 137 cm³/mol. The number of nitrogens with zero attached hydrogens (tertiary/aromatic N) is 5. The molecule has 1 fully saturated rings. The van der Waals surface area contributed by atoms with E-state index in [-0.39, 0.29) is 17.9 Å². The van der Waals surface area contributed by atoms with E-state index in [0.29, 0.717) is 31.6 Å². The molecule has 2 aromatic carbocycles. The molecule has 4 rings (SSSR count). The van der Waals surface area contributed by atoms with Crippen molar-refractivity contribution in [3.05, 3.63) is 70.5 Å². The van der Waals surface area contributed by atoms with Gasteiger partial charge in [0.15, 0.2) is 5.16 Å².